The molecule has 2 saturated heterocycles. The average Bonchev–Trinajstić information content (AvgIpc) is 3.34. The van der Waals surface area contributed by atoms with Gasteiger partial charge in [0.15, 0.2) is 0 Å². The molecule has 5 aliphatic rings. The number of fused-ring (bicyclic) bond motifs is 7. The normalized spacial score (nSPS) is 42.7. The molecule has 1 aromatic carbocycles. The molecule has 2 aliphatic heterocycles. The Balaban J connectivity index is 1.19. The van der Waals surface area contributed by atoms with E-state index in [0.717, 1.165) is 18.8 Å². The smallest absolute Gasteiger partial charge is 0.124 e. The molecule has 4 nitrogen and oxygen atoms in total. The van der Waals surface area contributed by atoms with Crippen molar-refractivity contribution < 1.29 is 14.2 Å². The Morgan fingerprint density at radius 1 is 1.14 bits per heavy atom. The Bertz CT molecular complexity index is 1240. The van der Waals surface area contributed by atoms with Gasteiger partial charge in [0, 0.05) is 28.4 Å². The number of benzene rings is 1. The summed E-state index contributed by atoms with van der Waals surface area (Å²) in [6.45, 7) is 14.5. The van der Waals surface area contributed by atoms with Crippen LogP contribution in [0.25, 0.3) is 10.9 Å². The molecule has 2 aromatic rings. The number of aromatic nitrogens is 1. The molecule has 4 fully saturated rings. The van der Waals surface area contributed by atoms with Gasteiger partial charge in [-0.2, -0.15) is 0 Å². The van der Waals surface area contributed by atoms with Gasteiger partial charge in [-0.3, -0.25) is 0 Å². The molecule has 7 rings (SSSR count). The van der Waals surface area contributed by atoms with Crippen LogP contribution in [0.15, 0.2) is 35.9 Å². The van der Waals surface area contributed by atoms with E-state index in [-0.39, 0.29) is 34.2 Å². The molecule has 3 heterocycles. The maximum Gasteiger partial charge on any atom is 0.124 e. The molecule has 194 valence electrons. The number of hydrogen-bond donors (Lipinski definition) is 1. The van der Waals surface area contributed by atoms with Crippen molar-refractivity contribution in [2.75, 3.05) is 6.61 Å². The fourth-order valence-electron chi connectivity index (χ4n) is 9.36. The van der Waals surface area contributed by atoms with Gasteiger partial charge in [-0.05, 0) is 88.7 Å². The maximum absolute atomic E-state index is 6.93. The molecular weight excluding hydrogens is 446 g/mol. The van der Waals surface area contributed by atoms with Crippen LogP contribution in [0.2, 0.25) is 0 Å². The zero-order valence-corrected chi connectivity index (χ0v) is 22.9. The monoisotopic (exact) mass is 489 g/mol. The fraction of sp³-hybridized carbons (Fsp3) is 0.688. The van der Waals surface area contributed by atoms with E-state index in [1.807, 2.05) is 0 Å². The first kappa shape index (κ1) is 23.5. The number of para-hydroxylation sites is 1. The molecule has 36 heavy (non-hydrogen) atoms. The topological polar surface area (TPSA) is 46.8 Å². The van der Waals surface area contributed by atoms with Crippen molar-refractivity contribution in [3.63, 3.8) is 0 Å². The van der Waals surface area contributed by atoms with Gasteiger partial charge in [-0.25, -0.2) is 0 Å². The lowest BCUT2D eigenvalue weighted by Crippen LogP contribution is -2.65. The van der Waals surface area contributed by atoms with E-state index in [9.17, 15) is 0 Å². The van der Waals surface area contributed by atoms with E-state index in [1.165, 1.54) is 47.9 Å². The van der Waals surface area contributed by atoms with Crippen LogP contribution in [0.3, 0.4) is 0 Å². The summed E-state index contributed by atoms with van der Waals surface area (Å²) in [4.78, 5) is 3.93. The summed E-state index contributed by atoms with van der Waals surface area (Å²) in [6, 6.07) is 8.92. The standard InChI is InChI=1S/C32H43NO3/c1-19(2)14-16-34-29(3,4)26-18-27-32(36-27)24-12-11-20-17-22-21-9-7-8-10-23(21)33-28(22)31(20,6)30(24,5)15-13-25(32)35-26/h7-10,14,20,24-27,33H,11-13,15-18H2,1-6H3/t20-,24+,25-,26-,27?,30-,31+,32?/m0/s1. The van der Waals surface area contributed by atoms with Crippen molar-refractivity contribution in [1.82, 2.24) is 4.98 Å². The van der Waals surface area contributed by atoms with Gasteiger partial charge in [-0.15, -0.1) is 0 Å². The highest BCUT2D eigenvalue weighted by molar-refractivity contribution is 5.86. The second-order valence-electron chi connectivity index (χ2n) is 13.7. The number of allylic oxidation sites excluding steroid dienone is 1. The van der Waals surface area contributed by atoms with Gasteiger partial charge >= 0.3 is 0 Å². The lowest BCUT2D eigenvalue weighted by atomic mass is 9.43. The number of hydrogen-bond acceptors (Lipinski definition) is 3. The highest BCUT2D eigenvalue weighted by Gasteiger charge is 2.78. The van der Waals surface area contributed by atoms with Gasteiger partial charge in [0.1, 0.15) is 5.60 Å². The lowest BCUT2D eigenvalue weighted by Gasteiger charge is -2.62. The highest BCUT2D eigenvalue weighted by atomic mass is 16.7. The van der Waals surface area contributed by atoms with Crippen molar-refractivity contribution in [3.8, 4) is 0 Å². The predicted octanol–water partition coefficient (Wildman–Crippen LogP) is 6.86. The maximum atomic E-state index is 6.93. The second-order valence-corrected chi connectivity index (χ2v) is 13.7. The third kappa shape index (κ3) is 2.87. The van der Waals surface area contributed by atoms with Crippen molar-refractivity contribution in [2.24, 2.45) is 17.3 Å². The molecule has 0 bridgehead atoms. The SMILES string of the molecule is CC(C)=CCOC(C)(C)[C@@H]1CC2OC23[C@H](CC[C@@]2(C)[C@H]3CC[C@H]3Cc4c([nH]c5ccccc45)[C@@]32C)O1. The average molecular weight is 490 g/mol. The molecule has 0 radical (unpaired) electrons. The van der Waals surface area contributed by atoms with Crippen LogP contribution in [0.5, 0.6) is 0 Å². The molecule has 8 atom stereocenters. The Morgan fingerprint density at radius 3 is 2.75 bits per heavy atom. The van der Waals surface area contributed by atoms with Gasteiger partial charge < -0.3 is 19.2 Å². The minimum atomic E-state index is -0.320. The number of rotatable bonds is 4. The second kappa shape index (κ2) is 7.48. The number of H-pyrrole nitrogens is 1. The number of epoxide rings is 1. The van der Waals surface area contributed by atoms with Crippen LogP contribution in [-0.2, 0) is 26.0 Å². The van der Waals surface area contributed by atoms with Gasteiger partial charge in [0.25, 0.3) is 0 Å². The molecule has 2 saturated carbocycles. The molecular formula is C32H43NO3. The summed E-state index contributed by atoms with van der Waals surface area (Å²) in [6.07, 6.45) is 9.74. The Labute approximate surface area is 216 Å². The summed E-state index contributed by atoms with van der Waals surface area (Å²) >= 11 is 0. The van der Waals surface area contributed by atoms with Crippen molar-refractivity contribution in [3.05, 3.63) is 47.2 Å². The quantitative estimate of drug-likeness (QED) is 0.377. The molecule has 0 amide bonds. The van der Waals surface area contributed by atoms with E-state index in [4.69, 9.17) is 14.2 Å². The molecule has 4 heteroatoms. The van der Waals surface area contributed by atoms with Crippen molar-refractivity contribution in [2.45, 2.75) is 115 Å². The van der Waals surface area contributed by atoms with Gasteiger partial charge in [-0.1, -0.05) is 43.7 Å². The van der Waals surface area contributed by atoms with Crippen LogP contribution >= 0.6 is 0 Å². The predicted molar refractivity (Wildman–Crippen MR) is 143 cm³/mol. The Kier molecular flexibility index (Phi) is 4.88. The van der Waals surface area contributed by atoms with Crippen LogP contribution in [0, 0.1) is 17.3 Å². The number of aromatic amines is 1. The van der Waals surface area contributed by atoms with E-state index in [0.29, 0.717) is 18.6 Å². The van der Waals surface area contributed by atoms with Crippen LogP contribution in [0.1, 0.15) is 84.9 Å². The summed E-state index contributed by atoms with van der Waals surface area (Å²) in [7, 11) is 0. The van der Waals surface area contributed by atoms with E-state index < -0.39 is 0 Å². The minimum absolute atomic E-state index is 0.0803. The largest absolute Gasteiger partial charge is 0.369 e. The molecule has 1 N–H and O–H groups in total. The minimum Gasteiger partial charge on any atom is -0.369 e. The Hall–Kier alpha value is -1.62. The van der Waals surface area contributed by atoms with Crippen molar-refractivity contribution >= 4 is 10.9 Å². The summed E-state index contributed by atoms with van der Waals surface area (Å²) in [5.74, 6) is 1.26. The fourth-order valence-corrected chi connectivity index (χ4v) is 9.36. The first-order valence-corrected chi connectivity index (χ1v) is 14.3. The van der Waals surface area contributed by atoms with Crippen LogP contribution < -0.4 is 0 Å². The summed E-state index contributed by atoms with van der Waals surface area (Å²) in [5, 5.41) is 1.44. The Morgan fingerprint density at radius 2 is 1.94 bits per heavy atom. The van der Waals surface area contributed by atoms with E-state index in [1.54, 1.807) is 5.56 Å². The number of ether oxygens (including phenoxy) is 3. The summed E-state index contributed by atoms with van der Waals surface area (Å²) < 4.78 is 20.1. The first-order valence-electron chi connectivity index (χ1n) is 14.3. The van der Waals surface area contributed by atoms with Gasteiger partial charge in [0.2, 0.25) is 0 Å². The third-order valence-corrected chi connectivity index (χ3v) is 11.6. The van der Waals surface area contributed by atoms with Crippen molar-refractivity contribution in [1.29, 1.82) is 0 Å². The summed E-state index contributed by atoms with van der Waals surface area (Å²) in [5.41, 5.74) is 5.66. The molecule has 1 aromatic heterocycles. The van der Waals surface area contributed by atoms with Crippen LogP contribution in [0.4, 0.5) is 0 Å². The first-order chi connectivity index (χ1) is 17.1. The van der Waals surface area contributed by atoms with E-state index in [2.05, 4.69) is 76.9 Å². The van der Waals surface area contributed by atoms with Gasteiger partial charge in [0.05, 0.1) is 30.5 Å². The molecule has 3 aliphatic carbocycles. The molecule has 2 unspecified atom stereocenters. The van der Waals surface area contributed by atoms with Crippen LogP contribution in [-0.4, -0.2) is 41.1 Å². The zero-order chi connectivity index (χ0) is 25.1. The zero-order valence-electron chi connectivity index (χ0n) is 22.9. The number of nitrogens with one attached hydrogen (secondary N) is 1. The third-order valence-electron chi connectivity index (χ3n) is 11.6. The molecule has 1 spiro atoms. The van der Waals surface area contributed by atoms with E-state index >= 15 is 0 Å². The lowest BCUT2D eigenvalue weighted by molar-refractivity contribution is -0.207. The highest BCUT2D eigenvalue weighted by Crippen LogP contribution is 2.73.